The van der Waals surface area contributed by atoms with Gasteiger partial charge < -0.3 is 25.6 Å². The number of carbonyl (C=O) groups is 1. The molecule has 1 aromatic heterocycles. The lowest BCUT2D eigenvalue weighted by Crippen LogP contribution is -2.34. The second-order valence-corrected chi connectivity index (χ2v) is 5.73. The Kier molecular flexibility index (Phi) is 7.13. The number of ether oxygens (including phenoxy) is 1. The van der Waals surface area contributed by atoms with Crippen molar-refractivity contribution in [3.63, 3.8) is 0 Å². The van der Waals surface area contributed by atoms with Crippen molar-refractivity contribution in [2.24, 2.45) is 0 Å². The minimum Gasteiger partial charge on any atom is -0.483 e. The van der Waals surface area contributed by atoms with Crippen molar-refractivity contribution in [1.29, 1.82) is 0 Å². The van der Waals surface area contributed by atoms with Crippen LogP contribution in [-0.4, -0.2) is 51.5 Å². The normalized spacial score (nSPS) is 11.0. The third kappa shape index (κ3) is 5.13. The van der Waals surface area contributed by atoms with Crippen LogP contribution in [0, 0.1) is 0 Å². The number of alkyl halides is 4. The molecule has 158 valence electrons. The number of anilines is 1. The number of nitrogens with two attached hydrogens (primary N) is 1. The molecule has 0 aliphatic heterocycles. The number of aromatic nitrogens is 2. The van der Waals surface area contributed by atoms with E-state index < -0.39 is 25.4 Å². The van der Waals surface area contributed by atoms with Gasteiger partial charge in [-0.3, -0.25) is 4.79 Å². The summed E-state index contributed by atoms with van der Waals surface area (Å²) in [7, 11) is -1.90. The number of hydrogen-bond donors (Lipinski definition) is 4. The fourth-order valence-electron chi connectivity index (χ4n) is 2.46. The van der Waals surface area contributed by atoms with Crippen molar-refractivity contribution in [1.82, 2.24) is 10.2 Å². The summed E-state index contributed by atoms with van der Waals surface area (Å²) in [5, 5.41) is 33.7. The van der Waals surface area contributed by atoms with Crippen molar-refractivity contribution >= 4 is 35.6 Å². The van der Waals surface area contributed by atoms with E-state index in [-0.39, 0.29) is 23.1 Å². The number of benzene rings is 2. The lowest BCUT2D eigenvalue weighted by Gasteiger charge is -2.20. The molecule has 8 nitrogen and oxygen atoms in total. The van der Waals surface area contributed by atoms with Gasteiger partial charge in [-0.05, 0) is 29.2 Å². The second-order valence-electron chi connectivity index (χ2n) is 5.73. The van der Waals surface area contributed by atoms with Crippen LogP contribution in [0.4, 0.5) is 23.2 Å². The van der Waals surface area contributed by atoms with Crippen LogP contribution in [0.25, 0.3) is 22.0 Å². The van der Waals surface area contributed by atoms with Crippen molar-refractivity contribution < 1.29 is 42.2 Å². The van der Waals surface area contributed by atoms with Crippen LogP contribution in [-0.2, 0) is 4.79 Å². The summed E-state index contributed by atoms with van der Waals surface area (Å²) in [6.45, 7) is -0.250. The first-order chi connectivity index (χ1) is 14.1. The maximum Gasteiger partial charge on any atom is 0.488 e. The summed E-state index contributed by atoms with van der Waals surface area (Å²) in [5.41, 5.74) is 6.59. The molecular weight excluding hydrogens is 413 g/mol. The Bertz CT molecular complexity index is 1040. The van der Waals surface area contributed by atoms with Crippen molar-refractivity contribution in [2.45, 2.75) is 12.5 Å². The number of fused-ring (bicyclic) bond motifs is 1. The summed E-state index contributed by atoms with van der Waals surface area (Å²) >= 11 is 0. The van der Waals surface area contributed by atoms with Gasteiger partial charge in [0.25, 0.3) is 6.47 Å². The van der Waals surface area contributed by atoms with Gasteiger partial charge in [0.15, 0.2) is 0 Å². The van der Waals surface area contributed by atoms with Crippen molar-refractivity contribution in [3.8, 4) is 16.9 Å². The Balaban J connectivity index is 0.00000101. The molecule has 0 aliphatic carbocycles. The van der Waals surface area contributed by atoms with Crippen LogP contribution in [0.5, 0.6) is 5.75 Å². The van der Waals surface area contributed by atoms with Crippen LogP contribution < -0.4 is 15.9 Å². The summed E-state index contributed by atoms with van der Waals surface area (Å²) in [5.74, 6) is -0.569. The minimum absolute atomic E-state index is 0.0449. The van der Waals surface area contributed by atoms with E-state index in [1.54, 1.807) is 6.07 Å². The number of nitrogens with zero attached hydrogens (tertiary/aromatic N) is 2. The topological polar surface area (TPSA) is 139 Å². The third-order valence-electron chi connectivity index (χ3n) is 3.78. The Labute approximate surface area is 166 Å². The summed E-state index contributed by atoms with van der Waals surface area (Å²) in [6, 6.07) is 7.64. The average molecular weight is 427 g/mol. The zero-order valence-corrected chi connectivity index (χ0v) is 14.9. The Morgan fingerprint density at radius 3 is 2.43 bits per heavy atom. The quantitative estimate of drug-likeness (QED) is 0.273. The van der Waals surface area contributed by atoms with Gasteiger partial charge in [0.2, 0.25) is 0 Å². The molecule has 1 heterocycles. The van der Waals surface area contributed by atoms with Gasteiger partial charge in [0, 0.05) is 10.9 Å². The van der Waals surface area contributed by atoms with Crippen LogP contribution in [0.3, 0.4) is 0 Å². The van der Waals surface area contributed by atoms with Crippen molar-refractivity contribution in [3.05, 3.63) is 42.6 Å². The van der Waals surface area contributed by atoms with E-state index in [4.69, 9.17) is 15.6 Å². The average Bonchev–Trinajstić information content (AvgIpc) is 2.68. The fraction of sp³-hybridized carbons (Fsp3) is 0.118. The molecule has 0 saturated carbocycles. The van der Waals surface area contributed by atoms with Gasteiger partial charge in [-0.2, -0.15) is 27.8 Å². The zero-order chi connectivity index (χ0) is 22.5. The van der Waals surface area contributed by atoms with Crippen LogP contribution in [0.15, 0.2) is 42.6 Å². The van der Waals surface area contributed by atoms with Gasteiger partial charge in [-0.1, -0.05) is 18.2 Å². The summed E-state index contributed by atoms with van der Waals surface area (Å²) in [4.78, 5) is 8.36. The number of hydrogen-bond acceptors (Lipinski definition) is 7. The lowest BCUT2D eigenvalue weighted by atomic mass is 9.79. The number of carboxylic acid groups (broad SMARTS) is 1. The molecule has 2 aromatic carbocycles. The third-order valence-corrected chi connectivity index (χ3v) is 3.78. The highest BCUT2D eigenvalue weighted by molar-refractivity contribution is 6.58. The number of rotatable bonds is 5. The Morgan fingerprint density at radius 2 is 1.83 bits per heavy atom. The van der Waals surface area contributed by atoms with Gasteiger partial charge in [-0.15, -0.1) is 0 Å². The first kappa shape index (κ1) is 22.8. The zero-order valence-electron chi connectivity index (χ0n) is 14.9. The molecule has 0 fully saturated rings. The van der Waals surface area contributed by atoms with E-state index >= 15 is 0 Å². The van der Waals surface area contributed by atoms with E-state index in [0.717, 1.165) is 18.2 Å². The highest BCUT2D eigenvalue weighted by atomic mass is 19.3. The molecule has 30 heavy (non-hydrogen) atoms. The number of halogens is 4. The van der Waals surface area contributed by atoms with Gasteiger partial charge >= 0.3 is 19.7 Å². The lowest BCUT2D eigenvalue weighted by molar-refractivity contribution is -0.253. The first-order valence-corrected chi connectivity index (χ1v) is 8.05. The molecule has 3 rings (SSSR count). The molecule has 0 aliphatic rings. The summed E-state index contributed by atoms with van der Waals surface area (Å²) in [6.07, 6.45) is -7.44. The highest BCUT2D eigenvalue weighted by Gasteiger charge is 2.44. The van der Waals surface area contributed by atoms with E-state index in [2.05, 4.69) is 14.9 Å². The molecule has 0 radical (unpaired) electrons. The molecule has 0 saturated heterocycles. The van der Waals surface area contributed by atoms with Gasteiger partial charge in [0.05, 0.1) is 17.4 Å². The molecule has 13 heteroatoms. The van der Waals surface area contributed by atoms with Crippen molar-refractivity contribution in [2.75, 3.05) is 5.73 Å². The molecule has 5 N–H and O–H groups in total. The molecular formula is C17H14BF4N3O5. The Hall–Kier alpha value is -3.45. The predicted molar refractivity (Wildman–Crippen MR) is 99.5 cm³/mol. The molecule has 0 spiro atoms. The van der Waals surface area contributed by atoms with Gasteiger partial charge in [0.1, 0.15) is 5.75 Å². The maximum absolute atomic E-state index is 13.4. The standard InChI is InChI=1S/C16H12BF4N3O3.CH2O2/c18-15(19)16(20,21)27-14-4-2-9(17(25)26)6-11(14)8-1-3-10-12(22)7-23-24-13(10)5-8;2-1-3/h1-7,15,25-26H,(H2,22,24);1H,(H,2,3). The molecule has 0 unspecified atom stereocenters. The van der Waals surface area contributed by atoms with E-state index in [1.165, 1.54) is 18.3 Å². The van der Waals surface area contributed by atoms with E-state index in [0.29, 0.717) is 16.6 Å². The second kappa shape index (κ2) is 9.37. The van der Waals surface area contributed by atoms with Crippen LogP contribution in [0.2, 0.25) is 0 Å². The van der Waals surface area contributed by atoms with E-state index in [9.17, 15) is 27.6 Å². The first-order valence-electron chi connectivity index (χ1n) is 8.05. The molecule has 0 atom stereocenters. The highest BCUT2D eigenvalue weighted by Crippen LogP contribution is 2.36. The fourth-order valence-corrected chi connectivity index (χ4v) is 2.46. The van der Waals surface area contributed by atoms with Gasteiger partial charge in [-0.25, -0.2) is 0 Å². The predicted octanol–water partition coefficient (Wildman–Crippen LogP) is 1.50. The molecule has 0 bridgehead atoms. The van der Waals surface area contributed by atoms with Crippen LogP contribution in [0.1, 0.15) is 0 Å². The van der Waals surface area contributed by atoms with Crippen LogP contribution >= 0.6 is 0 Å². The largest absolute Gasteiger partial charge is 0.488 e. The Morgan fingerprint density at radius 1 is 1.17 bits per heavy atom. The maximum atomic E-state index is 13.4. The molecule has 3 aromatic rings. The summed E-state index contributed by atoms with van der Waals surface area (Å²) < 4.78 is 56.0. The molecule has 0 amide bonds. The monoisotopic (exact) mass is 427 g/mol. The SMILES string of the molecule is Nc1cnnc2cc(-c3cc(B(O)O)ccc3OC(F)(F)C(F)F)ccc12.O=CO. The minimum atomic E-state index is -4.73. The number of nitrogen functional groups attached to an aromatic ring is 1. The van der Waals surface area contributed by atoms with E-state index in [1.807, 2.05) is 0 Å². The smallest absolute Gasteiger partial charge is 0.483 e.